The summed E-state index contributed by atoms with van der Waals surface area (Å²) < 4.78 is 10.4. The molecule has 0 spiro atoms. The molecule has 0 atom stereocenters. The number of hydrogen-bond donors (Lipinski definition) is 2. The molecule has 0 aliphatic heterocycles. The van der Waals surface area contributed by atoms with E-state index >= 15 is 0 Å². The van der Waals surface area contributed by atoms with Crippen molar-refractivity contribution < 1.29 is 19.1 Å². The van der Waals surface area contributed by atoms with Gasteiger partial charge in [-0.1, -0.05) is 20.8 Å². The van der Waals surface area contributed by atoms with Gasteiger partial charge >= 0.3 is 0 Å². The van der Waals surface area contributed by atoms with Crippen molar-refractivity contribution in [2.45, 2.75) is 27.7 Å². The predicted octanol–water partition coefficient (Wildman–Crippen LogP) is 4.25. The number of aryl methyl sites for hydroxylation is 1. The van der Waals surface area contributed by atoms with E-state index in [1.165, 1.54) is 7.11 Å². The van der Waals surface area contributed by atoms with E-state index < -0.39 is 5.41 Å². The maximum atomic E-state index is 12.6. The fraction of sp³-hybridized carbons (Fsp3) is 0.333. The number of nitrogens with one attached hydrogen (secondary N) is 2. The molecule has 27 heavy (non-hydrogen) atoms. The van der Waals surface area contributed by atoms with Crippen molar-refractivity contribution in [3.05, 3.63) is 47.5 Å². The van der Waals surface area contributed by atoms with Crippen LogP contribution in [-0.2, 0) is 4.79 Å². The molecule has 0 aromatic heterocycles. The fourth-order valence-electron chi connectivity index (χ4n) is 2.38. The molecule has 0 radical (unpaired) electrons. The van der Waals surface area contributed by atoms with Gasteiger partial charge < -0.3 is 20.1 Å². The number of carbonyl (C=O) groups excluding carboxylic acids is 2. The zero-order chi connectivity index (χ0) is 20.2. The molecule has 0 heterocycles. The normalized spacial score (nSPS) is 10.9. The second kappa shape index (κ2) is 8.12. The van der Waals surface area contributed by atoms with Crippen LogP contribution >= 0.6 is 0 Å². The van der Waals surface area contributed by atoms with Gasteiger partial charge in [0.05, 0.1) is 19.8 Å². The third-order valence-electron chi connectivity index (χ3n) is 4.07. The Morgan fingerprint density at radius 1 is 0.926 bits per heavy atom. The van der Waals surface area contributed by atoms with Gasteiger partial charge in [0.25, 0.3) is 5.91 Å². The molecule has 6 heteroatoms. The highest BCUT2D eigenvalue weighted by molar-refractivity contribution is 6.06. The second-order valence-electron chi connectivity index (χ2n) is 7.25. The van der Waals surface area contributed by atoms with Crippen LogP contribution in [0.5, 0.6) is 11.5 Å². The average Bonchev–Trinajstić information content (AvgIpc) is 2.62. The first kappa shape index (κ1) is 20.3. The third-order valence-corrected chi connectivity index (χ3v) is 4.07. The Labute approximate surface area is 159 Å². The number of rotatable bonds is 5. The highest BCUT2D eigenvalue weighted by atomic mass is 16.5. The Kier molecular flexibility index (Phi) is 6.10. The third kappa shape index (κ3) is 5.00. The lowest BCUT2D eigenvalue weighted by Gasteiger charge is -2.19. The summed E-state index contributed by atoms with van der Waals surface area (Å²) in [4.78, 5) is 24.7. The number of ether oxygens (including phenoxy) is 2. The van der Waals surface area contributed by atoms with Crippen LogP contribution in [-0.4, -0.2) is 26.0 Å². The van der Waals surface area contributed by atoms with Crippen molar-refractivity contribution in [1.29, 1.82) is 0 Å². The van der Waals surface area contributed by atoms with Crippen molar-refractivity contribution in [1.82, 2.24) is 0 Å². The van der Waals surface area contributed by atoms with Gasteiger partial charge in [-0.2, -0.15) is 0 Å². The van der Waals surface area contributed by atoms with Crippen LogP contribution in [0.2, 0.25) is 0 Å². The van der Waals surface area contributed by atoms with E-state index in [0.29, 0.717) is 22.7 Å². The summed E-state index contributed by atoms with van der Waals surface area (Å²) in [7, 11) is 3.06. The Hall–Kier alpha value is -3.02. The minimum atomic E-state index is -0.482. The summed E-state index contributed by atoms with van der Waals surface area (Å²) >= 11 is 0. The molecule has 0 bridgehead atoms. The summed E-state index contributed by atoms with van der Waals surface area (Å²) in [6.45, 7) is 7.44. The van der Waals surface area contributed by atoms with E-state index in [1.807, 2.05) is 33.8 Å². The monoisotopic (exact) mass is 370 g/mol. The molecule has 2 rings (SSSR count). The molecule has 0 aliphatic rings. The average molecular weight is 370 g/mol. The molecular formula is C21H26N2O4. The molecule has 2 amide bonds. The number of anilines is 2. The lowest BCUT2D eigenvalue weighted by atomic mass is 9.95. The Balaban J connectivity index is 2.17. The zero-order valence-corrected chi connectivity index (χ0v) is 16.6. The number of hydrogen-bond acceptors (Lipinski definition) is 4. The lowest BCUT2D eigenvalue weighted by Crippen LogP contribution is -2.27. The highest BCUT2D eigenvalue weighted by Crippen LogP contribution is 2.27. The number of carbonyl (C=O) groups is 2. The highest BCUT2D eigenvalue weighted by Gasteiger charge is 2.21. The molecular weight excluding hydrogens is 344 g/mol. The van der Waals surface area contributed by atoms with Gasteiger partial charge in [-0.3, -0.25) is 9.59 Å². The topological polar surface area (TPSA) is 76.7 Å². The number of methoxy groups -OCH3 is 2. The Morgan fingerprint density at radius 2 is 1.63 bits per heavy atom. The molecule has 0 unspecified atom stereocenters. The van der Waals surface area contributed by atoms with E-state index in [1.54, 1.807) is 37.4 Å². The molecule has 2 aromatic rings. The summed E-state index contributed by atoms with van der Waals surface area (Å²) in [5.41, 5.74) is 2.12. The van der Waals surface area contributed by atoms with Crippen LogP contribution in [0, 0.1) is 12.3 Å². The smallest absolute Gasteiger partial charge is 0.259 e. The van der Waals surface area contributed by atoms with E-state index in [-0.39, 0.29) is 11.8 Å². The fourth-order valence-corrected chi connectivity index (χ4v) is 2.38. The minimum Gasteiger partial charge on any atom is -0.497 e. The number of benzene rings is 2. The predicted molar refractivity (Wildman–Crippen MR) is 107 cm³/mol. The van der Waals surface area contributed by atoms with Crippen molar-refractivity contribution in [3.8, 4) is 11.5 Å². The molecule has 2 aromatic carbocycles. The Bertz CT molecular complexity index is 854. The maximum Gasteiger partial charge on any atom is 0.259 e. The minimum absolute atomic E-state index is 0.0645. The van der Waals surface area contributed by atoms with Crippen molar-refractivity contribution in [2.24, 2.45) is 5.41 Å². The summed E-state index contributed by atoms with van der Waals surface area (Å²) in [6, 6.07) is 10.3. The van der Waals surface area contributed by atoms with Crippen LogP contribution in [0.1, 0.15) is 36.7 Å². The molecule has 6 nitrogen and oxygen atoms in total. The van der Waals surface area contributed by atoms with E-state index in [4.69, 9.17) is 9.47 Å². The lowest BCUT2D eigenvalue weighted by molar-refractivity contribution is -0.123. The standard InChI is InChI=1S/C21H26N2O4/c1-13-11-14(7-10-17(13)23-20(25)21(2,3)4)22-19(24)16-9-8-15(26-5)12-18(16)27-6/h7-12H,1-6H3,(H,22,24)(H,23,25). The molecule has 0 saturated heterocycles. The molecule has 0 aliphatic carbocycles. The first-order chi connectivity index (χ1) is 12.7. The molecule has 2 N–H and O–H groups in total. The summed E-state index contributed by atoms with van der Waals surface area (Å²) in [5, 5.41) is 5.76. The van der Waals surface area contributed by atoms with Crippen LogP contribution in [0.15, 0.2) is 36.4 Å². The maximum absolute atomic E-state index is 12.6. The second-order valence-corrected chi connectivity index (χ2v) is 7.25. The van der Waals surface area contributed by atoms with Gasteiger partial charge in [-0.25, -0.2) is 0 Å². The molecule has 0 saturated carbocycles. The van der Waals surface area contributed by atoms with Gasteiger partial charge in [0, 0.05) is 22.9 Å². The van der Waals surface area contributed by atoms with Crippen molar-refractivity contribution in [2.75, 3.05) is 24.9 Å². The van der Waals surface area contributed by atoms with Gasteiger partial charge in [0.1, 0.15) is 11.5 Å². The first-order valence-electron chi connectivity index (χ1n) is 8.61. The summed E-state index contributed by atoms with van der Waals surface area (Å²) in [5.74, 6) is 0.682. The van der Waals surface area contributed by atoms with E-state index in [9.17, 15) is 9.59 Å². The quantitative estimate of drug-likeness (QED) is 0.825. The zero-order valence-electron chi connectivity index (χ0n) is 16.6. The van der Waals surface area contributed by atoms with E-state index in [0.717, 1.165) is 11.3 Å². The summed E-state index contributed by atoms with van der Waals surface area (Å²) in [6.07, 6.45) is 0. The van der Waals surface area contributed by atoms with Crippen LogP contribution in [0.4, 0.5) is 11.4 Å². The van der Waals surface area contributed by atoms with Crippen LogP contribution in [0.3, 0.4) is 0 Å². The largest absolute Gasteiger partial charge is 0.497 e. The van der Waals surface area contributed by atoms with E-state index in [2.05, 4.69) is 10.6 Å². The SMILES string of the molecule is COc1ccc(C(=O)Nc2ccc(NC(=O)C(C)(C)C)c(C)c2)c(OC)c1. The van der Waals surface area contributed by atoms with Gasteiger partial charge in [0.15, 0.2) is 0 Å². The van der Waals surface area contributed by atoms with Gasteiger partial charge in [0.2, 0.25) is 5.91 Å². The number of amides is 2. The van der Waals surface area contributed by atoms with Crippen LogP contribution < -0.4 is 20.1 Å². The molecule has 144 valence electrons. The van der Waals surface area contributed by atoms with Gasteiger partial charge in [-0.05, 0) is 42.8 Å². The Morgan fingerprint density at radius 3 is 2.19 bits per heavy atom. The van der Waals surface area contributed by atoms with Crippen LogP contribution in [0.25, 0.3) is 0 Å². The van der Waals surface area contributed by atoms with Gasteiger partial charge in [-0.15, -0.1) is 0 Å². The van der Waals surface area contributed by atoms with Crippen molar-refractivity contribution in [3.63, 3.8) is 0 Å². The van der Waals surface area contributed by atoms with Crippen molar-refractivity contribution >= 4 is 23.2 Å². The molecule has 0 fully saturated rings. The first-order valence-corrected chi connectivity index (χ1v) is 8.61.